The third-order valence-corrected chi connectivity index (χ3v) is 3.81. The number of halogens is 2. The van der Waals surface area contributed by atoms with E-state index in [4.69, 9.17) is 10.9 Å². The summed E-state index contributed by atoms with van der Waals surface area (Å²) >= 11 is 0. The average Bonchev–Trinajstić information content (AvgIpc) is 2.75. The molecule has 154 valence electrons. The van der Waals surface area contributed by atoms with Crippen LogP contribution in [0.25, 0.3) is 0 Å². The Hall–Kier alpha value is -3.92. The van der Waals surface area contributed by atoms with Gasteiger partial charge in [-0.3, -0.25) is 14.8 Å². The van der Waals surface area contributed by atoms with E-state index in [1.165, 1.54) is 24.3 Å². The van der Waals surface area contributed by atoms with Crippen LogP contribution < -0.4 is 16.5 Å². The fourth-order valence-corrected chi connectivity index (χ4v) is 2.22. The van der Waals surface area contributed by atoms with E-state index in [0.29, 0.717) is 11.3 Å². The zero-order valence-corrected chi connectivity index (χ0v) is 15.4. The molecule has 0 bridgehead atoms. The van der Waals surface area contributed by atoms with Gasteiger partial charge in [-0.2, -0.15) is 0 Å². The number of hydroxylamine groups is 1. The second kappa shape index (κ2) is 10.6. The summed E-state index contributed by atoms with van der Waals surface area (Å²) in [6, 6.07) is 10.6. The third kappa shape index (κ3) is 6.31. The van der Waals surface area contributed by atoms with Crippen LogP contribution >= 0.6 is 0 Å². The number of nitrogens with two attached hydrogens (primary N) is 1. The molecule has 0 aromatic heterocycles. The molecule has 2 atom stereocenters. The molecule has 0 aliphatic heterocycles. The Morgan fingerprint density at radius 2 is 1.43 bits per heavy atom. The highest BCUT2D eigenvalue weighted by atomic mass is 19.3. The quantitative estimate of drug-likeness (QED) is 0.216. The van der Waals surface area contributed by atoms with Crippen molar-refractivity contribution in [1.29, 1.82) is 0 Å². The van der Waals surface area contributed by atoms with Gasteiger partial charge in [0.15, 0.2) is 0 Å². The lowest BCUT2D eigenvalue weighted by Crippen LogP contribution is -2.54. The topological polar surface area (TPSA) is 125 Å². The molecule has 30 heavy (non-hydrogen) atoms. The zero-order chi connectivity index (χ0) is 22.1. The van der Waals surface area contributed by atoms with Crippen LogP contribution in [0.5, 0.6) is 0 Å². The number of carbonyl (C=O) groups is 2. The first-order valence-corrected chi connectivity index (χ1v) is 8.50. The molecule has 6 N–H and O–H groups in total. The summed E-state index contributed by atoms with van der Waals surface area (Å²) in [5.41, 5.74) is 8.66. The van der Waals surface area contributed by atoms with E-state index in [0.717, 1.165) is 11.0 Å². The number of nitrogens with one attached hydrogen (secondary N) is 2. The van der Waals surface area contributed by atoms with Crippen molar-refractivity contribution in [3.8, 4) is 23.7 Å². The van der Waals surface area contributed by atoms with Crippen molar-refractivity contribution in [3.05, 3.63) is 65.2 Å². The molecule has 0 fully saturated rings. The van der Waals surface area contributed by atoms with E-state index in [1.54, 1.807) is 24.3 Å². The van der Waals surface area contributed by atoms with E-state index < -0.39 is 30.4 Å². The maximum absolute atomic E-state index is 12.7. The molecule has 2 aromatic rings. The van der Waals surface area contributed by atoms with Crippen molar-refractivity contribution in [2.45, 2.75) is 18.6 Å². The summed E-state index contributed by atoms with van der Waals surface area (Å²) in [5, 5.41) is 19.9. The van der Waals surface area contributed by atoms with E-state index in [1.807, 2.05) is 5.32 Å². The Bertz CT molecular complexity index is 1020. The Morgan fingerprint density at radius 3 is 1.90 bits per heavy atom. The number of aliphatic hydroxyl groups excluding tert-OH is 1. The molecule has 0 aliphatic rings. The van der Waals surface area contributed by atoms with Gasteiger partial charge in [-0.15, -0.1) is 0 Å². The van der Waals surface area contributed by atoms with Crippen molar-refractivity contribution < 1.29 is 28.7 Å². The standard InChI is InChI=1S/C21H17F2N3O4/c22-19(23)18(27)17(21(29)26-30)25-20(28)15-9-5-13(6-10-15)3-1-2-4-14-7-11-16(24)12-8-14/h5-12,17-19,27,30H,24H2,(H,25,28)(H,26,29). The number of hydrogen-bond donors (Lipinski definition) is 5. The van der Waals surface area contributed by atoms with Gasteiger partial charge < -0.3 is 16.2 Å². The van der Waals surface area contributed by atoms with Crippen LogP contribution in [0.3, 0.4) is 0 Å². The van der Waals surface area contributed by atoms with Crippen molar-refractivity contribution >= 4 is 17.5 Å². The first-order valence-electron chi connectivity index (χ1n) is 8.50. The number of rotatable bonds is 5. The predicted octanol–water partition coefficient (Wildman–Crippen LogP) is 0.902. The fourth-order valence-electron chi connectivity index (χ4n) is 2.22. The van der Waals surface area contributed by atoms with Crippen molar-refractivity contribution in [2.75, 3.05) is 5.73 Å². The van der Waals surface area contributed by atoms with Crippen LogP contribution in [0.4, 0.5) is 14.5 Å². The second-order valence-electron chi connectivity index (χ2n) is 5.95. The minimum atomic E-state index is -3.31. The summed E-state index contributed by atoms with van der Waals surface area (Å²) in [6.07, 6.45) is -5.80. The number of carbonyl (C=O) groups excluding carboxylic acids is 2. The Morgan fingerprint density at radius 1 is 0.933 bits per heavy atom. The molecule has 0 radical (unpaired) electrons. The van der Waals surface area contributed by atoms with E-state index >= 15 is 0 Å². The Kier molecular flexibility index (Phi) is 7.89. The van der Waals surface area contributed by atoms with Crippen molar-refractivity contribution in [3.63, 3.8) is 0 Å². The molecular weight excluding hydrogens is 396 g/mol. The van der Waals surface area contributed by atoms with Gasteiger partial charge in [-0.05, 0) is 60.4 Å². The normalized spacial score (nSPS) is 11.9. The lowest BCUT2D eigenvalue weighted by Gasteiger charge is -2.21. The molecule has 0 heterocycles. The van der Waals surface area contributed by atoms with Gasteiger partial charge in [0, 0.05) is 22.4 Å². The van der Waals surface area contributed by atoms with E-state index in [-0.39, 0.29) is 5.56 Å². The molecule has 2 rings (SSSR count). The smallest absolute Gasteiger partial charge is 0.268 e. The Labute approximate surface area is 170 Å². The van der Waals surface area contributed by atoms with Crippen LogP contribution in [0.15, 0.2) is 48.5 Å². The van der Waals surface area contributed by atoms with Gasteiger partial charge in [0.2, 0.25) is 0 Å². The molecule has 9 heteroatoms. The van der Waals surface area contributed by atoms with Crippen molar-refractivity contribution in [1.82, 2.24) is 10.8 Å². The lowest BCUT2D eigenvalue weighted by molar-refractivity contribution is -0.137. The molecule has 0 aliphatic carbocycles. The summed E-state index contributed by atoms with van der Waals surface area (Å²) in [4.78, 5) is 23.6. The van der Waals surface area contributed by atoms with Gasteiger partial charge in [-0.25, -0.2) is 14.3 Å². The first kappa shape index (κ1) is 22.4. The molecule has 0 saturated carbocycles. The number of benzene rings is 2. The number of anilines is 1. The molecule has 7 nitrogen and oxygen atoms in total. The minimum absolute atomic E-state index is 0.0331. The SMILES string of the molecule is Nc1ccc(C#CC#Cc2ccc(C(=O)NC(C(=O)NO)C(O)C(F)F)cc2)cc1. The largest absolute Gasteiger partial charge is 0.399 e. The molecule has 0 saturated heterocycles. The maximum Gasteiger partial charge on any atom is 0.268 e. The van der Waals surface area contributed by atoms with E-state index in [2.05, 4.69) is 23.7 Å². The third-order valence-electron chi connectivity index (χ3n) is 3.81. The average molecular weight is 413 g/mol. The number of alkyl halides is 2. The zero-order valence-electron chi connectivity index (χ0n) is 15.4. The van der Waals surface area contributed by atoms with Gasteiger partial charge in [0.25, 0.3) is 18.2 Å². The van der Waals surface area contributed by atoms with Gasteiger partial charge in [-0.1, -0.05) is 11.8 Å². The van der Waals surface area contributed by atoms with Crippen LogP contribution in [0.1, 0.15) is 21.5 Å². The maximum atomic E-state index is 12.7. The van der Waals surface area contributed by atoms with Gasteiger partial charge >= 0.3 is 0 Å². The second-order valence-corrected chi connectivity index (χ2v) is 5.95. The van der Waals surface area contributed by atoms with Crippen LogP contribution in [-0.2, 0) is 4.79 Å². The van der Waals surface area contributed by atoms with Crippen molar-refractivity contribution in [2.24, 2.45) is 0 Å². The highest BCUT2D eigenvalue weighted by Gasteiger charge is 2.34. The number of nitrogen functional groups attached to an aromatic ring is 1. The van der Waals surface area contributed by atoms with Crippen LogP contribution in [0.2, 0.25) is 0 Å². The first-order chi connectivity index (χ1) is 14.3. The van der Waals surface area contributed by atoms with Gasteiger partial charge in [0.05, 0.1) is 0 Å². The highest BCUT2D eigenvalue weighted by molar-refractivity contribution is 5.97. The molecule has 2 amide bonds. The van der Waals surface area contributed by atoms with Crippen LogP contribution in [-0.4, -0.2) is 40.7 Å². The molecule has 2 unspecified atom stereocenters. The number of aliphatic hydroxyl groups is 1. The molecule has 2 aromatic carbocycles. The molecular formula is C21H17F2N3O4. The monoisotopic (exact) mass is 413 g/mol. The number of amides is 2. The summed E-state index contributed by atoms with van der Waals surface area (Å²) < 4.78 is 25.3. The minimum Gasteiger partial charge on any atom is -0.399 e. The number of hydrogen-bond acceptors (Lipinski definition) is 5. The fraction of sp³-hybridized carbons (Fsp3) is 0.143. The van der Waals surface area contributed by atoms with E-state index in [9.17, 15) is 23.5 Å². The van der Waals surface area contributed by atoms with Gasteiger partial charge in [0.1, 0.15) is 12.1 Å². The van der Waals surface area contributed by atoms with Crippen LogP contribution in [0, 0.1) is 23.7 Å². The summed E-state index contributed by atoms with van der Waals surface area (Å²) in [7, 11) is 0. The Balaban J connectivity index is 2.05. The summed E-state index contributed by atoms with van der Waals surface area (Å²) in [5.74, 6) is 8.68. The predicted molar refractivity (Wildman–Crippen MR) is 104 cm³/mol. The molecule has 0 spiro atoms. The summed E-state index contributed by atoms with van der Waals surface area (Å²) in [6.45, 7) is 0. The highest BCUT2D eigenvalue weighted by Crippen LogP contribution is 2.09. The lowest BCUT2D eigenvalue weighted by atomic mass is 10.1.